The number of carbonyl (C=O) groups excluding carboxylic acids is 2. The van der Waals surface area contributed by atoms with Crippen LogP contribution < -0.4 is 4.31 Å². The van der Waals surface area contributed by atoms with Crippen LogP contribution in [0.3, 0.4) is 0 Å². The van der Waals surface area contributed by atoms with E-state index in [9.17, 15) is 22.4 Å². The molecule has 0 saturated heterocycles. The molecule has 0 heterocycles. The normalized spacial score (nSPS) is 12.1. The van der Waals surface area contributed by atoms with Gasteiger partial charge in [-0.25, -0.2) is 21.9 Å². The topological polar surface area (TPSA) is 80.8 Å². The van der Waals surface area contributed by atoms with E-state index in [2.05, 4.69) is 0 Å². The van der Waals surface area contributed by atoms with E-state index in [-0.39, 0.29) is 17.9 Å². The Morgan fingerprint density at radius 2 is 1.70 bits per heavy atom. The fourth-order valence-electron chi connectivity index (χ4n) is 3.43. The molecule has 0 fully saturated rings. The maximum atomic E-state index is 14.8. The quantitative estimate of drug-likeness (QED) is 0.466. The molecule has 0 aliphatic rings. The Bertz CT molecular complexity index is 1270. The van der Waals surface area contributed by atoms with Crippen molar-refractivity contribution in [3.05, 3.63) is 89.7 Å². The summed E-state index contributed by atoms with van der Waals surface area (Å²) in [7, 11) is -4.05. The van der Waals surface area contributed by atoms with E-state index in [1.807, 2.05) is 6.07 Å². The SMILES string of the molecule is CCOC(=O)c1cccc(N(C(=O)C(C)c2ccc(-c3ccccc3)c(F)c2)S(C)(=O)=O)c1. The lowest BCUT2D eigenvalue weighted by atomic mass is 9.96. The lowest BCUT2D eigenvalue weighted by Gasteiger charge is -2.24. The van der Waals surface area contributed by atoms with Crippen molar-refractivity contribution in [2.75, 3.05) is 17.2 Å². The number of carbonyl (C=O) groups is 2. The molecule has 3 rings (SSSR count). The van der Waals surface area contributed by atoms with Crippen LogP contribution >= 0.6 is 0 Å². The molecular formula is C25H24FNO5S. The Morgan fingerprint density at radius 1 is 1.00 bits per heavy atom. The highest BCUT2D eigenvalue weighted by molar-refractivity contribution is 7.92. The zero-order chi connectivity index (χ0) is 24.2. The number of rotatable bonds is 7. The van der Waals surface area contributed by atoms with E-state index < -0.39 is 33.6 Å². The Labute approximate surface area is 192 Å². The number of sulfonamides is 1. The van der Waals surface area contributed by atoms with Crippen molar-refractivity contribution in [2.45, 2.75) is 19.8 Å². The van der Waals surface area contributed by atoms with E-state index in [0.717, 1.165) is 6.26 Å². The Balaban J connectivity index is 1.96. The van der Waals surface area contributed by atoms with Crippen LogP contribution in [-0.2, 0) is 19.6 Å². The van der Waals surface area contributed by atoms with Gasteiger partial charge in [-0.3, -0.25) is 4.79 Å². The molecule has 0 aromatic heterocycles. The maximum absolute atomic E-state index is 14.8. The molecule has 0 saturated carbocycles. The average Bonchev–Trinajstić information content (AvgIpc) is 2.78. The lowest BCUT2D eigenvalue weighted by molar-refractivity contribution is -0.118. The smallest absolute Gasteiger partial charge is 0.338 e. The summed E-state index contributed by atoms with van der Waals surface area (Å²) in [5.74, 6) is -2.89. The van der Waals surface area contributed by atoms with Crippen molar-refractivity contribution in [3.8, 4) is 11.1 Å². The summed E-state index contributed by atoms with van der Waals surface area (Å²) in [6.07, 6.45) is 0.897. The predicted molar refractivity (Wildman–Crippen MR) is 125 cm³/mol. The minimum absolute atomic E-state index is 0.00119. The number of esters is 1. The minimum atomic E-state index is -4.05. The first-order valence-electron chi connectivity index (χ1n) is 10.3. The third kappa shape index (κ3) is 5.46. The largest absolute Gasteiger partial charge is 0.462 e. The van der Waals surface area contributed by atoms with Crippen LogP contribution in [0.5, 0.6) is 0 Å². The fraction of sp³-hybridized carbons (Fsp3) is 0.200. The summed E-state index contributed by atoms with van der Waals surface area (Å²) in [5, 5.41) is 0. The highest BCUT2D eigenvalue weighted by atomic mass is 32.2. The van der Waals surface area contributed by atoms with Gasteiger partial charge < -0.3 is 4.74 Å². The molecule has 172 valence electrons. The van der Waals surface area contributed by atoms with Gasteiger partial charge in [-0.1, -0.05) is 48.5 Å². The number of nitrogens with zero attached hydrogens (tertiary/aromatic N) is 1. The molecule has 1 amide bonds. The summed E-state index contributed by atoms with van der Waals surface area (Å²) in [4.78, 5) is 25.3. The van der Waals surface area contributed by atoms with Crippen LogP contribution in [0.25, 0.3) is 11.1 Å². The molecule has 1 unspecified atom stereocenters. The first-order valence-corrected chi connectivity index (χ1v) is 12.1. The van der Waals surface area contributed by atoms with Gasteiger partial charge in [0, 0.05) is 5.56 Å². The molecule has 0 aliphatic carbocycles. The van der Waals surface area contributed by atoms with Gasteiger partial charge >= 0.3 is 5.97 Å². The number of hydrogen-bond acceptors (Lipinski definition) is 5. The van der Waals surface area contributed by atoms with Crippen LogP contribution in [0.15, 0.2) is 72.8 Å². The number of hydrogen-bond donors (Lipinski definition) is 0. The first kappa shape index (κ1) is 24.1. The first-order chi connectivity index (χ1) is 15.6. The van der Waals surface area contributed by atoms with Gasteiger partial charge in [0.2, 0.25) is 15.9 Å². The van der Waals surface area contributed by atoms with E-state index in [1.165, 1.54) is 37.3 Å². The Morgan fingerprint density at radius 3 is 2.30 bits per heavy atom. The number of benzene rings is 3. The van der Waals surface area contributed by atoms with Crippen molar-refractivity contribution < 1.29 is 27.1 Å². The number of halogens is 1. The van der Waals surface area contributed by atoms with Gasteiger partial charge in [-0.2, -0.15) is 0 Å². The molecule has 8 heteroatoms. The summed E-state index contributed by atoms with van der Waals surface area (Å²) < 4.78 is 45.5. The average molecular weight is 470 g/mol. The summed E-state index contributed by atoms with van der Waals surface area (Å²) in [6, 6.07) is 19.0. The molecule has 3 aromatic carbocycles. The Hall–Kier alpha value is -3.52. The van der Waals surface area contributed by atoms with Gasteiger partial charge in [0.25, 0.3) is 0 Å². The second kappa shape index (κ2) is 9.95. The second-order valence-electron chi connectivity index (χ2n) is 7.46. The molecule has 0 aliphatic heterocycles. The zero-order valence-corrected chi connectivity index (χ0v) is 19.3. The van der Waals surface area contributed by atoms with Crippen LogP contribution in [0, 0.1) is 5.82 Å². The molecule has 0 N–H and O–H groups in total. The molecule has 0 bridgehead atoms. The molecular weight excluding hydrogens is 445 g/mol. The molecule has 0 spiro atoms. The third-order valence-corrected chi connectivity index (χ3v) is 6.13. The highest BCUT2D eigenvalue weighted by Crippen LogP contribution is 2.29. The van der Waals surface area contributed by atoms with Crippen molar-refractivity contribution in [2.24, 2.45) is 0 Å². The van der Waals surface area contributed by atoms with Crippen molar-refractivity contribution in [3.63, 3.8) is 0 Å². The van der Waals surface area contributed by atoms with Crippen molar-refractivity contribution in [1.29, 1.82) is 0 Å². The summed E-state index contributed by atoms with van der Waals surface area (Å²) >= 11 is 0. The lowest BCUT2D eigenvalue weighted by Crippen LogP contribution is -2.39. The zero-order valence-electron chi connectivity index (χ0n) is 18.5. The van der Waals surface area contributed by atoms with Gasteiger partial charge in [0.05, 0.1) is 30.0 Å². The molecule has 3 aromatic rings. The van der Waals surface area contributed by atoms with Gasteiger partial charge in [0.1, 0.15) is 5.82 Å². The fourth-order valence-corrected chi connectivity index (χ4v) is 4.41. The van der Waals surface area contributed by atoms with Crippen molar-refractivity contribution in [1.82, 2.24) is 0 Å². The highest BCUT2D eigenvalue weighted by Gasteiger charge is 2.31. The minimum Gasteiger partial charge on any atom is -0.462 e. The summed E-state index contributed by atoms with van der Waals surface area (Å²) in [5.41, 5.74) is 1.51. The molecule has 6 nitrogen and oxygen atoms in total. The van der Waals surface area contributed by atoms with Crippen LogP contribution in [0.1, 0.15) is 35.7 Å². The Kier molecular flexibility index (Phi) is 7.28. The molecule has 0 radical (unpaired) electrons. The van der Waals surface area contributed by atoms with E-state index in [0.29, 0.717) is 21.0 Å². The standard InChI is InChI=1S/C25H24FNO5S/c1-4-32-25(29)20-11-8-12-21(15-20)27(33(3,30)31)24(28)17(2)19-13-14-22(23(26)16-19)18-9-6-5-7-10-18/h5-17H,4H2,1-3H3. The van der Waals surface area contributed by atoms with Gasteiger partial charge in [-0.05, 0) is 49.2 Å². The molecule has 33 heavy (non-hydrogen) atoms. The number of amides is 1. The van der Waals surface area contributed by atoms with E-state index >= 15 is 0 Å². The van der Waals surface area contributed by atoms with Gasteiger partial charge in [-0.15, -0.1) is 0 Å². The van der Waals surface area contributed by atoms with Crippen molar-refractivity contribution >= 4 is 27.6 Å². The van der Waals surface area contributed by atoms with E-state index in [4.69, 9.17) is 4.74 Å². The second-order valence-corrected chi connectivity index (χ2v) is 9.29. The number of anilines is 1. The van der Waals surface area contributed by atoms with Crippen LogP contribution in [-0.4, -0.2) is 33.2 Å². The number of ether oxygens (including phenoxy) is 1. The molecule has 1 atom stereocenters. The monoisotopic (exact) mass is 469 g/mol. The van der Waals surface area contributed by atoms with E-state index in [1.54, 1.807) is 43.3 Å². The van der Waals surface area contributed by atoms with Crippen LogP contribution in [0.2, 0.25) is 0 Å². The third-order valence-electron chi connectivity index (χ3n) is 5.07. The predicted octanol–water partition coefficient (Wildman–Crippen LogP) is 4.77. The van der Waals surface area contributed by atoms with Gasteiger partial charge in [0.15, 0.2) is 0 Å². The van der Waals surface area contributed by atoms with Crippen LogP contribution in [0.4, 0.5) is 10.1 Å². The summed E-state index contributed by atoms with van der Waals surface area (Å²) in [6.45, 7) is 3.31. The maximum Gasteiger partial charge on any atom is 0.338 e.